The number of carbonyl (C=O) groups excluding carboxylic acids is 1. The standard InChI is InChI=1S/C21H20BF3N2O6/c1-3-30-18-16(9-6-14-10-32-22(29)17(14)18)31-12-20(2,11-26)27-19(28)13-4-7-15(8-5-13)33-21(23,24)25/h4-9,29H,3,10,12H2,1-2H3,(H,27,28). The van der Waals surface area contributed by atoms with Crippen molar-refractivity contribution in [1.82, 2.24) is 5.32 Å². The second-order valence-electron chi connectivity index (χ2n) is 7.32. The maximum Gasteiger partial charge on any atom is 0.573 e. The maximum atomic E-state index is 12.5. The molecule has 12 heteroatoms. The van der Waals surface area contributed by atoms with E-state index >= 15 is 0 Å². The molecule has 1 atom stereocenters. The smallest absolute Gasteiger partial charge is 0.490 e. The van der Waals surface area contributed by atoms with Crippen LogP contribution in [0.3, 0.4) is 0 Å². The van der Waals surface area contributed by atoms with Crippen LogP contribution in [0.5, 0.6) is 17.2 Å². The monoisotopic (exact) mass is 464 g/mol. The van der Waals surface area contributed by atoms with Crippen LogP contribution in [-0.2, 0) is 11.3 Å². The van der Waals surface area contributed by atoms with Crippen molar-refractivity contribution in [2.24, 2.45) is 0 Å². The first kappa shape index (κ1) is 24.2. The molecular weight excluding hydrogens is 444 g/mol. The molecule has 2 N–H and O–H groups in total. The Morgan fingerprint density at radius 1 is 1.24 bits per heavy atom. The zero-order chi connectivity index (χ0) is 24.2. The number of halogens is 3. The molecule has 0 saturated carbocycles. The van der Waals surface area contributed by atoms with Crippen LogP contribution in [0, 0.1) is 11.3 Å². The molecule has 0 fully saturated rings. The fraction of sp³-hybridized carbons (Fsp3) is 0.333. The molecule has 0 saturated heterocycles. The van der Waals surface area contributed by atoms with Crippen LogP contribution < -0.4 is 25.0 Å². The molecular formula is C21H20BF3N2O6. The molecule has 1 aliphatic heterocycles. The third-order valence-electron chi connectivity index (χ3n) is 4.69. The Balaban J connectivity index is 1.71. The number of rotatable bonds is 8. The van der Waals surface area contributed by atoms with Crippen molar-refractivity contribution in [3.05, 3.63) is 47.5 Å². The maximum absolute atomic E-state index is 12.5. The minimum Gasteiger partial charge on any atom is -0.490 e. The molecule has 1 amide bonds. The summed E-state index contributed by atoms with van der Waals surface area (Å²) >= 11 is 0. The third-order valence-corrected chi connectivity index (χ3v) is 4.69. The highest BCUT2D eigenvalue weighted by atomic mass is 19.4. The number of nitrogens with one attached hydrogen (secondary N) is 1. The van der Waals surface area contributed by atoms with Gasteiger partial charge in [0.25, 0.3) is 5.91 Å². The van der Waals surface area contributed by atoms with E-state index in [9.17, 15) is 28.3 Å². The van der Waals surface area contributed by atoms with E-state index < -0.39 is 30.7 Å². The average Bonchev–Trinajstić information content (AvgIpc) is 3.13. The van der Waals surface area contributed by atoms with Crippen LogP contribution >= 0.6 is 0 Å². The highest BCUT2D eigenvalue weighted by molar-refractivity contribution is 6.62. The van der Waals surface area contributed by atoms with E-state index in [-0.39, 0.29) is 30.3 Å². The van der Waals surface area contributed by atoms with Gasteiger partial charge in [0.05, 0.1) is 19.3 Å². The van der Waals surface area contributed by atoms with Gasteiger partial charge < -0.3 is 29.2 Å². The normalized spacial score (nSPS) is 14.6. The number of carbonyl (C=O) groups is 1. The van der Waals surface area contributed by atoms with Crippen molar-refractivity contribution in [2.75, 3.05) is 13.2 Å². The predicted molar refractivity (Wildman–Crippen MR) is 110 cm³/mol. The fourth-order valence-corrected chi connectivity index (χ4v) is 3.12. The SMILES string of the molecule is CCOc1c(OCC(C)(C#N)NC(=O)c2ccc(OC(F)(F)F)cc2)ccc2c1B(O)OC2. The predicted octanol–water partition coefficient (Wildman–Crippen LogP) is 2.29. The van der Waals surface area contributed by atoms with Crippen molar-refractivity contribution in [3.8, 4) is 23.3 Å². The Morgan fingerprint density at radius 2 is 1.94 bits per heavy atom. The largest absolute Gasteiger partial charge is 0.573 e. The zero-order valence-electron chi connectivity index (χ0n) is 17.7. The highest BCUT2D eigenvalue weighted by Crippen LogP contribution is 2.30. The number of ether oxygens (including phenoxy) is 3. The average molecular weight is 464 g/mol. The quantitative estimate of drug-likeness (QED) is 0.577. The molecule has 174 valence electrons. The lowest BCUT2D eigenvalue weighted by molar-refractivity contribution is -0.274. The van der Waals surface area contributed by atoms with Crippen molar-refractivity contribution in [3.63, 3.8) is 0 Å². The van der Waals surface area contributed by atoms with Crippen LogP contribution in [0.25, 0.3) is 0 Å². The second-order valence-corrected chi connectivity index (χ2v) is 7.32. The molecule has 1 aliphatic rings. The van der Waals surface area contributed by atoms with Gasteiger partial charge in [-0.1, -0.05) is 6.07 Å². The summed E-state index contributed by atoms with van der Waals surface area (Å²) in [5.74, 6) is -0.628. The number of hydrogen-bond acceptors (Lipinski definition) is 7. The second kappa shape index (κ2) is 9.60. The molecule has 0 radical (unpaired) electrons. The molecule has 1 heterocycles. The number of benzene rings is 2. The van der Waals surface area contributed by atoms with Gasteiger partial charge in [-0.25, -0.2) is 0 Å². The molecule has 2 aromatic carbocycles. The molecule has 1 unspecified atom stereocenters. The number of nitriles is 1. The van der Waals surface area contributed by atoms with Crippen LogP contribution in [0.1, 0.15) is 29.8 Å². The number of alkyl halides is 3. The summed E-state index contributed by atoms with van der Waals surface area (Å²) in [4.78, 5) is 12.5. The van der Waals surface area contributed by atoms with E-state index in [1.807, 2.05) is 6.07 Å². The van der Waals surface area contributed by atoms with E-state index in [1.165, 1.54) is 6.92 Å². The highest BCUT2D eigenvalue weighted by Gasteiger charge is 2.35. The first-order valence-electron chi connectivity index (χ1n) is 9.86. The number of amides is 1. The fourth-order valence-electron chi connectivity index (χ4n) is 3.12. The van der Waals surface area contributed by atoms with Gasteiger partial charge in [-0.15, -0.1) is 13.2 Å². The minimum absolute atomic E-state index is 0.0267. The van der Waals surface area contributed by atoms with Crippen molar-refractivity contribution in [1.29, 1.82) is 5.26 Å². The van der Waals surface area contributed by atoms with Crippen LogP contribution in [0.2, 0.25) is 0 Å². The van der Waals surface area contributed by atoms with Gasteiger partial charge in [0, 0.05) is 11.0 Å². The summed E-state index contributed by atoms with van der Waals surface area (Å²) in [6.45, 7) is 3.42. The van der Waals surface area contributed by atoms with Crippen molar-refractivity contribution in [2.45, 2.75) is 32.4 Å². The number of hydrogen-bond donors (Lipinski definition) is 2. The van der Waals surface area contributed by atoms with E-state index in [0.717, 1.165) is 29.8 Å². The summed E-state index contributed by atoms with van der Waals surface area (Å²) in [6, 6.07) is 9.55. The summed E-state index contributed by atoms with van der Waals surface area (Å²) in [5, 5.41) is 22.2. The Morgan fingerprint density at radius 3 is 2.55 bits per heavy atom. The minimum atomic E-state index is -4.85. The molecule has 0 spiro atoms. The third kappa shape index (κ3) is 5.88. The lowest BCUT2D eigenvalue weighted by Gasteiger charge is -2.24. The Kier molecular flexibility index (Phi) is 7.05. The lowest BCUT2D eigenvalue weighted by atomic mass is 9.78. The first-order chi connectivity index (χ1) is 15.5. The van der Waals surface area contributed by atoms with Gasteiger partial charge in [-0.3, -0.25) is 4.79 Å². The molecule has 2 aromatic rings. The Hall–Kier alpha value is -3.43. The van der Waals surface area contributed by atoms with Gasteiger partial charge >= 0.3 is 13.5 Å². The van der Waals surface area contributed by atoms with Gasteiger partial charge in [0.2, 0.25) is 0 Å². The van der Waals surface area contributed by atoms with Gasteiger partial charge in [0.1, 0.15) is 12.4 Å². The molecule has 3 rings (SSSR count). The van der Waals surface area contributed by atoms with E-state index in [2.05, 4.69) is 10.1 Å². The van der Waals surface area contributed by atoms with E-state index in [0.29, 0.717) is 12.1 Å². The number of fused-ring (bicyclic) bond motifs is 1. The molecule has 0 bridgehead atoms. The van der Waals surface area contributed by atoms with Gasteiger partial charge in [0.15, 0.2) is 17.0 Å². The van der Waals surface area contributed by atoms with E-state index in [4.69, 9.17) is 14.1 Å². The van der Waals surface area contributed by atoms with Crippen LogP contribution in [0.15, 0.2) is 36.4 Å². The topological polar surface area (TPSA) is 110 Å². The summed E-state index contributed by atoms with van der Waals surface area (Å²) in [6.07, 6.45) is -4.85. The Bertz CT molecular complexity index is 1060. The summed E-state index contributed by atoms with van der Waals surface area (Å²) in [5.41, 5.74) is -0.278. The molecule has 0 aromatic heterocycles. The lowest BCUT2D eigenvalue weighted by Crippen LogP contribution is -2.49. The van der Waals surface area contributed by atoms with Crippen molar-refractivity contribution < 1.29 is 41.9 Å². The van der Waals surface area contributed by atoms with Crippen LogP contribution in [-0.4, -0.2) is 43.2 Å². The Labute approximate surface area is 188 Å². The van der Waals surface area contributed by atoms with Crippen LogP contribution in [0.4, 0.5) is 13.2 Å². The zero-order valence-corrected chi connectivity index (χ0v) is 17.7. The summed E-state index contributed by atoms with van der Waals surface area (Å²) in [7, 11) is -1.17. The molecule has 0 aliphatic carbocycles. The van der Waals surface area contributed by atoms with Crippen molar-refractivity contribution >= 4 is 18.5 Å². The summed E-state index contributed by atoms with van der Waals surface area (Å²) < 4.78 is 57.2. The van der Waals surface area contributed by atoms with Gasteiger partial charge in [-0.05, 0) is 49.7 Å². The molecule has 8 nitrogen and oxygen atoms in total. The van der Waals surface area contributed by atoms with E-state index in [1.54, 1.807) is 19.1 Å². The first-order valence-corrected chi connectivity index (χ1v) is 9.86. The molecule has 33 heavy (non-hydrogen) atoms. The van der Waals surface area contributed by atoms with Gasteiger partial charge in [-0.2, -0.15) is 5.26 Å². The number of nitrogens with zero attached hydrogens (tertiary/aromatic N) is 1.